The van der Waals surface area contributed by atoms with Gasteiger partial charge in [-0.2, -0.15) is 5.10 Å². The summed E-state index contributed by atoms with van der Waals surface area (Å²) in [6, 6.07) is 6.58. The monoisotopic (exact) mass is 389 g/mol. The van der Waals surface area contributed by atoms with Crippen LogP contribution >= 0.6 is 11.3 Å². The first-order chi connectivity index (χ1) is 13.1. The zero-order chi connectivity index (χ0) is 19.4. The predicted molar refractivity (Wildman–Crippen MR) is 107 cm³/mol. The van der Waals surface area contributed by atoms with Crippen molar-refractivity contribution in [2.24, 2.45) is 0 Å². The second kappa shape index (κ2) is 8.58. The van der Waals surface area contributed by atoms with Gasteiger partial charge in [0, 0.05) is 25.8 Å². The fourth-order valence-corrected chi connectivity index (χ4v) is 3.99. The van der Waals surface area contributed by atoms with Gasteiger partial charge in [0.25, 0.3) is 5.91 Å². The van der Waals surface area contributed by atoms with E-state index < -0.39 is 0 Å². The van der Waals surface area contributed by atoms with Gasteiger partial charge in [0.1, 0.15) is 17.0 Å². The van der Waals surface area contributed by atoms with Crippen molar-refractivity contribution in [1.29, 1.82) is 0 Å². The van der Waals surface area contributed by atoms with Crippen LogP contribution in [-0.4, -0.2) is 51.8 Å². The van der Waals surface area contributed by atoms with Gasteiger partial charge >= 0.3 is 0 Å². The number of aromatic nitrogens is 3. The molecule has 1 aromatic carbocycles. The molecule has 8 heteroatoms. The van der Waals surface area contributed by atoms with Crippen molar-refractivity contribution in [3.63, 3.8) is 0 Å². The lowest BCUT2D eigenvalue weighted by molar-refractivity contribution is 0.0973. The van der Waals surface area contributed by atoms with Gasteiger partial charge in [0.2, 0.25) is 0 Å². The normalized spacial score (nSPS) is 11.4. The number of carbonyl (C=O) groups is 1. The molecule has 0 fully saturated rings. The van der Waals surface area contributed by atoms with Crippen molar-refractivity contribution in [1.82, 2.24) is 19.7 Å². The van der Waals surface area contributed by atoms with E-state index >= 15 is 0 Å². The zero-order valence-electron chi connectivity index (χ0n) is 15.9. The Labute approximate surface area is 162 Å². The van der Waals surface area contributed by atoms with Crippen LogP contribution in [0.4, 0.5) is 9.52 Å². The molecular formula is C19H24FN5OS. The smallest absolute Gasteiger partial charge is 0.278 e. The summed E-state index contributed by atoms with van der Waals surface area (Å²) in [6.45, 7) is 9.74. The Bertz CT molecular complexity index is 918. The Morgan fingerprint density at radius 1 is 1.19 bits per heavy atom. The maximum absolute atomic E-state index is 14.1. The third-order valence-corrected chi connectivity index (χ3v) is 5.65. The van der Waals surface area contributed by atoms with E-state index in [-0.39, 0.29) is 11.7 Å². The van der Waals surface area contributed by atoms with E-state index in [1.807, 2.05) is 13.0 Å². The first-order valence-corrected chi connectivity index (χ1v) is 10.0. The summed E-state index contributed by atoms with van der Waals surface area (Å²) in [7, 11) is 0. The molecule has 6 nitrogen and oxygen atoms in total. The highest BCUT2D eigenvalue weighted by Gasteiger charge is 2.24. The minimum atomic E-state index is -0.371. The van der Waals surface area contributed by atoms with Gasteiger partial charge in [0.15, 0.2) is 5.13 Å². The molecule has 3 rings (SSSR count). The van der Waals surface area contributed by atoms with E-state index in [0.717, 1.165) is 24.3 Å². The van der Waals surface area contributed by atoms with Crippen LogP contribution in [0.25, 0.3) is 10.2 Å². The van der Waals surface area contributed by atoms with Crippen LogP contribution in [0.15, 0.2) is 30.5 Å². The molecule has 0 radical (unpaired) electrons. The van der Waals surface area contributed by atoms with Crippen LogP contribution in [0.2, 0.25) is 0 Å². The van der Waals surface area contributed by atoms with Gasteiger partial charge in [-0.25, -0.2) is 9.37 Å². The Hall–Kier alpha value is -2.32. The van der Waals surface area contributed by atoms with Gasteiger partial charge in [-0.05, 0) is 38.2 Å². The topological polar surface area (TPSA) is 54.3 Å². The molecule has 0 bridgehead atoms. The molecule has 1 amide bonds. The number of likely N-dealkylation sites (N-methyl/N-ethyl adjacent to an activating group) is 1. The van der Waals surface area contributed by atoms with Crippen molar-refractivity contribution in [2.45, 2.75) is 27.3 Å². The number of halogens is 1. The number of hydrogen-bond donors (Lipinski definition) is 0. The molecule has 0 aliphatic carbocycles. The second-order valence-electron chi connectivity index (χ2n) is 6.10. The third kappa shape index (κ3) is 4.01. The summed E-state index contributed by atoms with van der Waals surface area (Å²) >= 11 is 1.33. The lowest BCUT2D eigenvalue weighted by atomic mass is 10.3. The number of benzene rings is 1. The van der Waals surface area contributed by atoms with Crippen molar-refractivity contribution >= 4 is 32.6 Å². The molecule has 2 heterocycles. The first-order valence-electron chi connectivity index (χ1n) is 9.20. The molecule has 0 atom stereocenters. The van der Waals surface area contributed by atoms with E-state index in [1.54, 1.807) is 27.9 Å². The van der Waals surface area contributed by atoms with E-state index in [0.29, 0.717) is 29.4 Å². The number of aryl methyl sites for hydroxylation is 1. The van der Waals surface area contributed by atoms with E-state index in [9.17, 15) is 9.18 Å². The standard InChI is InChI=1S/C19H24FN5OS/c1-4-23(5-2)12-13-24(18(26)15-10-11-21-25(15)6-3)19-22-17-14(20)8-7-9-16(17)27-19/h7-11H,4-6,12-13H2,1-3H3. The minimum Gasteiger partial charge on any atom is -0.302 e. The van der Waals surface area contributed by atoms with Crippen LogP contribution in [0.1, 0.15) is 31.3 Å². The summed E-state index contributed by atoms with van der Waals surface area (Å²) in [5.41, 5.74) is 0.818. The Kier molecular flexibility index (Phi) is 6.18. The molecule has 3 aromatic rings. The molecule has 144 valence electrons. The molecule has 27 heavy (non-hydrogen) atoms. The fraction of sp³-hybridized carbons (Fsp3) is 0.421. The summed E-state index contributed by atoms with van der Waals surface area (Å²) in [6.07, 6.45) is 1.62. The number of rotatable bonds is 8. The summed E-state index contributed by atoms with van der Waals surface area (Å²) in [4.78, 5) is 21.6. The Balaban J connectivity index is 1.97. The van der Waals surface area contributed by atoms with Gasteiger partial charge in [-0.15, -0.1) is 0 Å². The van der Waals surface area contributed by atoms with Crippen LogP contribution in [0.3, 0.4) is 0 Å². The number of hydrogen-bond acceptors (Lipinski definition) is 5. The molecule has 0 aliphatic heterocycles. The van der Waals surface area contributed by atoms with Crippen LogP contribution in [0, 0.1) is 5.82 Å². The van der Waals surface area contributed by atoms with Gasteiger partial charge in [-0.3, -0.25) is 14.4 Å². The number of anilines is 1. The van der Waals surface area contributed by atoms with Gasteiger partial charge < -0.3 is 4.90 Å². The second-order valence-corrected chi connectivity index (χ2v) is 7.11. The summed E-state index contributed by atoms with van der Waals surface area (Å²) in [5.74, 6) is -0.536. The Morgan fingerprint density at radius 3 is 2.63 bits per heavy atom. The molecule has 0 saturated heterocycles. The van der Waals surface area contributed by atoms with Gasteiger partial charge in [-0.1, -0.05) is 31.3 Å². The fourth-order valence-electron chi connectivity index (χ4n) is 2.99. The number of carbonyl (C=O) groups excluding carboxylic acids is 1. The Morgan fingerprint density at radius 2 is 1.96 bits per heavy atom. The molecule has 2 aromatic heterocycles. The van der Waals surface area contributed by atoms with Crippen LogP contribution < -0.4 is 4.90 Å². The average Bonchev–Trinajstić information content (AvgIpc) is 3.32. The largest absolute Gasteiger partial charge is 0.302 e. The number of thiazole rings is 1. The van der Waals surface area contributed by atoms with E-state index in [2.05, 4.69) is 28.8 Å². The van der Waals surface area contributed by atoms with Gasteiger partial charge in [0.05, 0.1) is 4.70 Å². The molecular weight excluding hydrogens is 365 g/mol. The highest BCUT2D eigenvalue weighted by Crippen LogP contribution is 2.31. The highest BCUT2D eigenvalue weighted by molar-refractivity contribution is 7.22. The van der Waals surface area contributed by atoms with E-state index in [1.165, 1.54) is 17.4 Å². The third-order valence-electron chi connectivity index (χ3n) is 4.60. The molecule has 0 aliphatic rings. The van der Waals surface area contributed by atoms with Crippen LogP contribution in [0.5, 0.6) is 0 Å². The van der Waals surface area contributed by atoms with Crippen molar-refractivity contribution in [3.8, 4) is 0 Å². The highest BCUT2D eigenvalue weighted by atomic mass is 32.1. The molecule has 0 N–H and O–H groups in total. The zero-order valence-corrected chi connectivity index (χ0v) is 16.7. The number of fused-ring (bicyclic) bond motifs is 1. The summed E-state index contributed by atoms with van der Waals surface area (Å²) < 4.78 is 16.5. The molecule has 0 unspecified atom stereocenters. The summed E-state index contributed by atoms with van der Waals surface area (Å²) in [5, 5.41) is 4.71. The lowest BCUT2D eigenvalue weighted by Gasteiger charge is -2.24. The molecule has 0 spiro atoms. The van der Waals surface area contributed by atoms with Crippen molar-refractivity contribution in [2.75, 3.05) is 31.1 Å². The van der Waals surface area contributed by atoms with Crippen LogP contribution in [-0.2, 0) is 6.54 Å². The van der Waals surface area contributed by atoms with Crippen molar-refractivity contribution in [3.05, 3.63) is 42.0 Å². The van der Waals surface area contributed by atoms with E-state index in [4.69, 9.17) is 0 Å². The number of amides is 1. The number of para-hydroxylation sites is 1. The maximum Gasteiger partial charge on any atom is 0.278 e. The quantitative estimate of drug-likeness (QED) is 0.590. The average molecular weight is 390 g/mol. The first kappa shape index (κ1) is 19.4. The minimum absolute atomic E-state index is 0.166. The number of nitrogens with zero attached hydrogens (tertiary/aromatic N) is 5. The van der Waals surface area contributed by atoms with Crippen molar-refractivity contribution < 1.29 is 9.18 Å². The maximum atomic E-state index is 14.1. The molecule has 0 saturated carbocycles. The predicted octanol–water partition coefficient (Wildman–Crippen LogP) is 3.64. The SMILES string of the molecule is CCN(CC)CCN(C(=O)c1ccnn1CC)c1nc2c(F)cccc2s1. The lowest BCUT2D eigenvalue weighted by Crippen LogP contribution is -2.39.